The summed E-state index contributed by atoms with van der Waals surface area (Å²) in [7, 11) is 0. The molecular weight excluding hydrogens is 316 g/mol. The molecule has 0 spiro atoms. The average molecular weight is 340 g/mol. The third kappa shape index (κ3) is 6.30. The molecule has 0 bridgehead atoms. The van der Waals surface area contributed by atoms with E-state index in [4.69, 9.17) is 4.74 Å². The lowest BCUT2D eigenvalue weighted by molar-refractivity contribution is -0.123. The highest BCUT2D eigenvalue weighted by Gasteiger charge is 2.08. The van der Waals surface area contributed by atoms with E-state index in [1.165, 1.54) is 0 Å². The van der Waals surface area contributed by atoms with Crippen molar-refractivity contribution in [3.05, 3.63) is 65.7 Å². The van der Waals surface area contributed by atoms with Crippen LogP contribution in [0.3, 0.4) is 0 Å². The van der Waals surface area contributed by atoms with E-state index in [1.807, 2.05) is 50.2 Å². The number of carbonyl (C=O) groups is 2. The maximum absolute atomic E-state index is 12.2. The molecule has 0 atom stereocenters. The van der Waals surface area contributed by atoms with E-state index in [-0.39, 0.29) is 17.7 Å². The van der Waals surface area contributed by atoms with Crippen LogP contribution in [0.15, 0.2) is 54.6 Å². The molecule has 0 saturated heterocycles. The van der Waals surface area contributed by atoms with Crippen molar-refractivity contribution in [2.24, 2.45) is 5.92 Å². The van der Waals surface area contributed by atoms with Crippen molar-refractivity contribution in [3.63, 3.8) is 0 Å². The molecule has 2 aromatic rings. The summed E-state index contributed by atoms with van der Waals surface area (Å²) in [5.74, 6) is 0.369. The van der Waals surface area contributed by atoms with E-state index in [1.54, 1.807) is 18.2 Å². The molecule has 2 amide bonds. The lowest BCUT2D eigenvalue weighted by Gasteiger charge is -2.10. The Hall–Kier alpha value is -2.82. The third-order valence-corrected chi connectivity index (χ3v) is 3.58. The Kier molecular flexibility index (Phi) is 7.01. The zero-order valence-corrected chi connectivity index (χ0v) is 14.6. The first kappa shape index (κ1) is 18.5. The van der Waals surface area contributed by atoms with E-state index in [9.17, 15) is 9.59 Å². The van der Waals surface area contributed by atoms with Crippen molar-refractivity contribution in [1.82, 2.24) is 10.6 Å². The predicted octanol–water partition coefficient (Wildman–Crippen LogP) is 2.77. The van der Waals surface area contributed by atoms with E-state index in [0.717, 1.165) is 5.56 Å². The molecule has 5 nitrogen and oxygen atoms in total. The molecule has 0 aliphatic rings. The Morgan fingerprint density at radius 2 is 1.68 bits per heavy atom. The summed E-state index contributed by atoms with van der Waals surface area (Å²) < 4.78 is 5.73. The molecule has 2 aromatic carbocycles. The van der Waals surface area contributed by atoms with Gasteiger partial charge in [-0.25, -0.2) is 0 Å². The van der Waals surface area contributed by atoms with Crippen molar-refractivity contribution < 1.29 is 14.3 Å². The van der Waals surface area contributed by atoms with Crippen LogP contribution in [0.2, 0.25) is 0 Å². The van der Waals surface area contributed by atoms with Gasteiger partial charge in [-0.1, -0.05) is 50.2 Å². The number of carbonyl (C=O) groups excluding carboxylic acids is 2. The van der Waals surface area contributed by atoms with Gasteiger partial charge in [0.2, 0.25) is 5.91 Å². The minimum absolute atomic E-state index is 0.0226. The largest absolute Gasteiger partial charge is 0.489 e. The quantitative estimate of drug-likeness (QED) is 0.726. The highest BCUT2D eigenvalue weighted by molar-refractivity contribution is 5.94. The monoisotopic (exact) mass is 340 g/mol. The van der Waals surface area contributed by atoms with Crippen LogP contribution in [0, 0.1) is 5.92 Å². The summed E-state index contributed by atoms with van der Waals surface area (Å²) in [5.41, 5.74) is 1.60. The molecule has 2 N–H and O–H groups in total. The molecule has 5 heteroatoms. The molecule has 2 rings (SSSR count). The van der Waals surface area contributed by atoms with Crippen molar-refractivity contribution in [2.45, 2.75) is 20.5 Å². The van der Waals surface area contributed by atoms with E-state index >= 15 is 0 Å². The van der Waals surface area contributed by atoms with Crippen LogP contribution in [-0.4, -0.2) is 24.9 Å². The minimum Gasteiger partial charge on any atom is -0.489 e. The second-order valence-electron chi connectivity index (χ2n) is 6.00. The normalized spacial score (nSPS) is 10.4. The van der Waals surface area contributed by atoms with Gasteiger partial charge in [0.25, 0.3) is 5.91 Å². The van der Waals surface area contributed by atoms with E-state index in [0.29, 0.717) is 31.0 Å². The SMILES string of the molecule is CC(C)C(=O)NCCNC(=O)c1cccc(OCc2ccccc2)c1. The van der Waals surface area contributed by atoms with Crippen LogP contribution < -0.4 is 15.4 Å². The molecule has 0 aliphatic carbocycles. The van der Waals surface area contributed by atoms with Gasteiger partial charge in [-0.15, -0.1) is 0 Å². The lowest BCUT2D eigenvalue weighted by Crippen LogP contribution is -2.36. The Balaban J connectivity index is 1.81. The van der Waals surface area contributed by atoms with Crippen molar-refractivity contribution >= 4 is 11.8 Å². The average Bonchev–Trinajstić information content (AvgIpc) is 2.64. The van der Waals surface area contributed by atoms with Gasteiger partial charge in [0, 0.05) is 24.6 Å². The maximum Gasteiger partial charge on any atom is 0.251 e. The smallest absolute Gasteiger partial charge is 0.251 e. The van der Waals surface area contributed by atoms with Gasteiger partial charge >= 0.3 is 0 Å². The highest BCUT2D eigenvalue weighted by atomic mass is 16.5. The second-order valence-corrected chi connectivity index (χ2v) is 6.00. The van der Waals surface area contributed by atoms with Gasteiger partial charge in [-0.05, 0) is 23.8 Å². The van der Waals surface area contributed by atoms with E-state index in [2.05, 4.69) is 10.6 Å². The van der Waals surface area contributed by atoms with Gasteiger partial charge < -0.3 is 15.4 Å². The van der Waals surface area contributed by atoms with E-state index < -0.39 is 0 Å². The predicted molar refractivity (Wildman–Crippen MR) is 97.4 cm³/mol. The summed E-state index contributed by atoms with van der Waals surface area (Å²) >= 11 is 0. The summed E-state index contributed by atoms with van der Waals surface area (Å²) in [4.78, 5) is 23.6. The minimum atomic E-state index is -0.191. The number of nitrogens with one attached hydrogen (secondary N) is 2. The molecule has 0 radical (unpaired) electrons. The maximum atomic E-state index is 12.2. The van der Waals surface area contributed by atoms with Gasteiger partial charge in [-0.3, -0.25) is 9.59 Å². The molecule has 0 fully saturated rings. The summed E-state index contributed by atoms with van der Waals surface area (Å²) in [5, 5.41) is 5.55. The molecule has 132 valence electrons. The first-order valence-corrected chi connectivity index (χ1v) is 8.39. The summed E-state index contributed by atoms with van der Waals surface area (Å²) in [6.45, 7) is 4.90. The van der Waals surface area contributed by atoms with Crippen molar-refractivity contribution in [3.8, 4) is 5.75 Å². The third-order valence-electron chi connectivity index (χ3n) is 3.58. The Morgan fingerprint density at radius 3 is 2.40 bits per heavy atom. The van der Waals surface area contributed by atoms with Crippen LogP contribution in [0.4, 0.5) is 0 Å². The number of hydrogen-bond acceptors (Lipinski definition) is 3. The summed E-state index contributed by atoms with van der Waals surface area (Å²) in [6, 6.07) is 16.9. The highest BCUT2D eigenvalue weighted by Crippen LogP contribution is 2.15. The number of benzene rings is 2. The van der Waals surface area contributed by atoms with Gasteiger partial charge in [0.1, 0.15) is 12.4 Å². The van der Waals surface area contributed by atoms with Crippen LogP contribution in [0.25, 0.3) is 0 Å². The van der Waals surface area contributed by atoms with Crippen LogP contribution in [0.5, 0.6) is 5.75 Å². The number of amides is 2. The fraction of sp³-hybridized carbons (Fsp3) is 0.300. The fourth-order valence-corrected chi connectivity index (χ4v) is 2.14. The molecular formula is C20H24N2O3. The van der Waals surface area contributed by atoms with Crippen molar-refractivity contribution in [1.29, 1.82) is 0 Å². The molecule has 0 aliphatic heterocycles. The molecule has 0 heterocycles. The first-order chi connectivity index (χ1) is 12.1. The zero-order valence-electron chi connectivity index (χ0n) is 14.6. The zero-order chi connectivity index (χ0) is 18.1. The first-order valence-electron chi connectivity index (χ1n) is 8.39. The fourth-order valence-electron chi connectivity index (χ4n) is 2.14. The number of rotatable bonds is 8. The molecule has 0 saturated carbocycles. The Bertz CT molecular complexity index is 699. The molecule has 25 heavy (non-hydrogen) atoms. The van der Waals surface area contributed by atoms with Crippen LogP contribution in [-0.2, 0) is 11.4 Å². The van der Waals surface area contributed by atoms with Gasteiger partial charge in [0.15, 0.2) is 0 Å². The molecule has 0 unspecified atom stereocenters. The standard InChI is InChI=1S/C20H24N2O3/c1-15(2)19(23)21-11-12-22-20(24)17-9-6-10-18(13-17)25-14-16-7-4-3-5-8-16/h3-10,13,15H,11-12,14H2,1-2H3,(H,21,23)(H,22,24). The Labute approximate surface area is 148 Å². The number of ether oxygens (including phenoxy) is 1. The number of hydrogen-bond donors (Lipinski definition) is 2. The molecule has 0 aromatic heterocycles. The second kappa shape index (κ2) is 9.47. The lowest BCUT2D eigenvalue weighted by atomic mass is 10.2. The van der Waals surface area contributed by atoms with Crippen molar-refractivity contribution in [2.75, 3.05) is 13.1 Å². The van der Waals surface area contributed by atoms with Gasteiger partial charge in [0.05, 0.1) is 0 Å². The van der Waals surface area contributed by atoms with Crippen LogP contribution in [0.1, 0.15) is 29.8 Å². The van der Waals surface area contributed by atoms with Crippen LogP contribution >= 0.6 is 0 Å². The van der Waals surface area contributed by atoms with Gasteiger partial charge in [-0.2, -0.15) is 0 Å². The topological polar surface area (TPSA) is 67.4 Å². The Morgan fingerprint density at radius 1 is 0.960 bits per heavy atom. The summed E-state index contributed by atoms with van der Waals surface area (Å²) in [6.07, 6.45) is 0.